The Kier molecular flexibility index (Phi) is 6.68. The fourth-order valence-corrected chi connectivity index (χ4v) is 4.35. The number of carbonyl (C=O) groups is 1. The lowest BCUT2D eigenvalue weighted by molar-refractivity contribution is -0.118. The first kappa shape index (κ1) is 22.9. The average molecular weight is 471 g/mol. The molecule has 0 aromatic heterocycles. The number of carbonyl (C=O) groups excluding carboxylic acids is 1. The van der Waals surface area contributed by atoms with Gasteiger partial charge in [0.2, 0.25) is 0 Å². The van der Waals surface area contributed by atoms with Crippen LogP contribution in [0, 0.1) is 0 Å². The van der Waals surface area contributed by atoms with Gasteiger partial charge in [0.05, 0.1) is 5.56 Å². The molecule has 0 atom stereocenters. The minimum atomic E-state index is -0.226. The molecule has 2 heterocycles. The zero-order valence-electron chi connectivity index (χ0n) is 20.1. The molecular weight excluding hydrogens is 440 g/mol. The quantitative estimate of drug-likeness (QED) is 0.574. The van der Waals surface area contributed by atoms with E-state index in [2.05, 4.69) is 29.0 Å². The monoisotopic (exact) mass is 470 g/mol. The fourth-order valence-electron chi connectivity index (χ4n) is 4.35. The van der Waals surface area contributed by atoms with Gasteiger partial charge in [-0.2, -0.15) is 0 Å². The number of hydrogen-bond acceptors (Lipinski definition) is 6. The summed E-state index contributed by atoms with van der Waals surface area (Å²) in [5.74, 6) is 2.74. The van der Waals surface area contributed by atoms with Gasteiger partial charge in [-0.3, -0.25) is 9.69 Å². The van der Waals surface area contributed by atoms with Crippen molar-refractivity contribution in [2.45, 2.75) is 19.9 Å². The molecular formula is C28H30N4O3. The number of hydrogen-bond donors (Lipinski definition) is 1. The van der Waals surface area contributed by atoms with Crippen molar-refractivity contribution in [1.82, 2.24) is 9.80 Å². The summed E-state index contributed by atoms with van der Waals surface area (Å²) in [6, 6.07) is 23.3. The summed E-state index contributed by atoms with van der Waals surface area (Å²) in [7, 11) is 0. The van der Waals surface area contributed by atoms with Crippen LogP contribution in [0.1, 0.15) is 19.4 Å². The summed E-state index contributed by atoms with van der Waals surface area (Å²) in [6.45, 7) is 8.09. The van der Waals surface area contributed by atoms with Gasteiger partial charge in [0.15, 0.2) is 12.4 Å². The molecule has 180 valence electrons. The van der Waals surface area contributed by atoms with Gasteiger partial charge in [0.25, 0.3) is 5.91 Å². The number of ether oxygens (including phenoxy) is 2. The molecule has 0 saturated carbocycles. The van der Waals surface area contributed by atoms with E-state index in [1.165, 1.54) is 0 Å². The summed E-state index contributed by atoms with van der Waals surface area (Å²) in [4.78, 5) is 22.4. The highest BCUT2D eigenvalue weighted by Gasteiger charge is 2.27. The van der Waals surface area contributed by atoms with Crippen molar-refractivity contribution in [2.75, 3.05) is 38.1 Å². The minimum absolute atomic E-state index is 0.0683. The number of benzene rings is 3. The summed E-state index contributed by atoms with van der Waals surface area (Å²) in [5.41, 5.74) is 2.33. The largest absolute Gasteiger partial charge is 0.484 e. The predicted octanol–water partition coefficient (Wildman–Crippen LogP) is 4.91. The van der Waals surface area contributed by atoms with E-state index in [4.69, 9.17) is 14.5 Å². The number of nitrogens with one attached hydrogen (secondary N) is 1. The van der Waals surface area contributed by atoms with Crippen molar-refractivity contribution >= 4 is 23.1 Å². The van der Waals surface area contributed by atoms with Crippen LogP contribution >= 0.6 is 0 Å². The van der Waals surface area contributed by atoms with Gasteiger partial charge in [0.1, 0.15) is 23.0 Å². The van der Waals surface area contributed by atoms with Crippen LogP contribution in [-0.2, 0) is 4.79 Å². The molecule has 7 heteroatoms. The highest BCUT2D eigenvalue weighted by molar-refractivity contribution is 6.05. The first-order valence-electron chi connectivity index (χ1n) is 12.0. The molecule has 1 N–H and O–H groups in total. The zero-order valence-corrected chi connectivity index (χ0v) is 20.1. The number of amides is 1. The van der Waals surface area contributed by atoms with E-state index in [0.717, 1.165) is 54.8 Å². The Bertz CT molecular complexity index is 1220. The number of para-hydroxylation sites is 3. The molecule has 1 fully saturated rings. The van der Waals surface area contributed by atoms with E-state index in [9.17, 15) is 4.79 Å². The molecule has 3 aromatic carbocycles. The SMILES string of the molecule is CC(C)N1CCN(C2=Nc3ccccc3Oc3ccc(NC(=O)COc4ccccc4)cc32)CC1. The van der Waals surface area contributed by atoms with Crippen LogP contribution in [0.25, 0.3) is 0 Å². The maximum atomic E-state index is 12.6. The van der Waals surface area contributed by atoms with E-state index in [1.54, 1.807) is 0 Å². The van der Waals surface area contributed by atoms with Crippen LogP contribution in [-0.4, -0.2) is 60.4 Å². The smallest absolute Gasteiger partial charge is 0.262 e. The highest BCUT2D eigenvalue weighted by atomic mass is 16.5. The maximum Gasteiger partial charge on any atom is 0.262 e. The third-order valence-electron chi connectivity index (χ3n) is 6.27. The van der Waals surface area contributed by atoms with Gasteiger partial charge in [-0.05, 0) is 56.3 Å². The Morgan fingerprint density at radius 3 is 2.49 bits per heavy atom. The van der Waals surface area contributed by atoms with Gasteiger partial charge >= 0.3 is 0 Å². The van der Waals surface area contributed by atoms with Crippen LogP contribution in [0.3, 0.4) is 0 Å². The Hall–Kier alpha value is -3.84. The zero-order chi connectivity index (χ0) is 24.2. The second kappa shape index (κ2) is 10.2. The first-order valence-corrected chi connectivity index (χ1v) is 12.0. The first-order chi connectivity index (χ1) is 17.1. The van der Waals surface area contributed by atoms with Crippen LogP contribution < -0.4 is 14.8 Å². The molecule has 0 unspecified atom stereocenters. The van der Waals surface area contributed by atoms with Crippen LogP contribution in [0.15, 0.2) is 77.8 Å². The molecule has 35 heavy (non-hydrogen) atoms. The van der Waals surface area contributed by atoms with Crippen LogP contribution in [0.4, 0.5) is 11.4 Å². The number of fused-ring (bicyclic) bond motifs is 2. The second-order valence-electron chi connectivity index (χ2n) is 8.98. The Labute approximate surface area is 206 Å². The van der Waals surface area contributed by atoms with Gasteiger partial charge in [-0.15, -0.1) is 0 Å². The number of nitrogens with zero attached hydrogens (tertiary/aromatic N) is 3. The Morgan fingerprint density at radius 1 is 0.971 bits per heavy atom. The molecule has 0 radical (unpaired) electrons. The Balaban J connectivity index is 1.39. The Morgan fingerprint density at radius 2 is 1.71 bits per heavy atom. The van der Waals surface area contributed by atoms with Crippen molar-refractivity contribution in [2.24, 2.45) is 4.99 Å². The summed E-state index contributed by atoms with van der Waals surface area (Å²) < 4.78 is 11.8. The summed E-state index contributed by atoms with van der Waals surface area (Å²) >= 11 is 0. The molecule has 2 aliphatic heterocycles. The molecule has 3 aromatic rings. The third kappa shape index (κ3) is 5.30. The van der Waals surface area contributed by atoms with E-state index in [-0.39, 0.29) is 12.5 Å². The number of anilines is 1. The van der Waals surface area contributed by atoms with Crippen LogP contribution in [0.2, 0.25) is 0 Å². The standard InChI is InChI=1S/C28H30N4O3/c1-20(2)31-14-16-32(17-15-31)28-23-18-21(29-27(33)19-34-22-8-4-3-5-9-22)12-13-25(23)35-26-11-7-6-10-24(26)30-28/h3-13,18,20H,14-17,19H2,1-2H3,(H,29,33). The number of rotatable bonds is 5. The van der Waals surface area contributed by atoms with Crippen molar-refractivity contribution in [3.8, 4) is 17.2 Å². The summed E-state index contributed by atoms with van der Waals surface area (Å²) in [6.07, 6.45) is 0. The minimum Gasteiger partial charge on any atom is -0.484 e. The molecule has 0 spiro atoms. The van der Waals surface area contributed by atoms with E-state index in [0.29, 0.717) is 17.5 Å². The van der Waals surface area contributed by atoms with Crippen molar-refractivity contribution in [3.63, 3.8) is 0 Å². The fraction of sp³-hybridized carbons (Fsp3) is 0.286. The molecule has 1 saturated heterocycles. The molecule has 5 rings (SSSR count). The van der Waals surface area contributed by atoms with Crippen molar-refractivity contribution < 1.29 is 14.3 Å². The molecule has 2 aliphatic rings. The van der Waals surface area contributed by atoms with Gasteiger partial charge in [-0.25, -0.2) is 4.99 Å². The van der Waals surface area contributed by atoms with E-state index in [1.807, 2.05) is 72.8 Å². The highest BCUT2D eigenvalue weighted by Crippen LogP contribution is 2.39. The summed E-state index contributed by atoms with van der Waals surface area (Å²) in [5, 5.41) is 2.95. The van der Waals surface area contributed by atoms with E-state index < -0.39 is 0 Å². The van der Waals surface area contributed by atoms with Crippen molar-refractivity contribution in [1.29, 1.82) is 0 Å². The molecule has 7 nitrogen and oxygen atoms in total. The molecule has 0 aliphatic carbocycles. The van der Waals surface area contributed by atoms with Crippen molar-refractivity contribution in [3.05, 3.63) is 78.4 Å². The predicted molar refractivity (Wildman–Crippen MR) is 138 cm³/mol. The third-order valence-corrected chi connectivity index (χ3v) is 6.27. The van der Waals surface area contributed by atoms with Gasteiger partial charge < -0.3 is 19.7 Å². The lowest BCUT2D eigenvalue weighted by Crippen LogP contribution is -2.50. The molecule has 0 bridgehead atoms. The van der Waals surface area contributed by atoms with Crippen LogP contribution in [0.5, 0.6) is 17.2 Å². The lowest BCUT2D eigenvalue weighted by Gasteiger charge is -2.38. The van der Waals surface area contributed by atoms with E-state index >= 15 is 0 Å². The number of amidine groups is 1. The lowest BCUT2D eigenvalue weighted by atomic mass is 10.1. The average Bonchev–Trinajstić information content (AvgIpc) is 3.05. The topological polar surface area (TPSA) is 66.4 Å². The van der Waals surface area contributed by atoms with Gasteiger partial charge in [-0.1, -0.05) is 30.3 Å². The number of aliphatic imine (C=N–C) groups is 1. The second-order valence-corrected chi connectivity index (χ2v) is 8.98. The maximum absolute atomic E-state index is 12.6. The normalized spacial score (nSPS) is 15.4. The number of piperazine rings is 1. The van der Waals surface area contributed by atoms with Gasteiger partial charge in [0, 0.05) is 37.9 Å². The molecule has 1 amide bonds.